The lowest BCUT2D eigenvalue weighted by Crippen LogP contribution is -2.35. The Hall–Kier alpha value is -2.99. The largest absolute Gasteiger partial charge is 0.337 e. The van der Waals surface area contributed by atoms with Gasteiger partial charge in [-0.1, -0.05) is 30.3 Å². The van der Waals surface area contributed by atoms with Crippen LogP contribution in [-0.2, 0) is 6.54 Å². The summed E-state index contributed by atoms with van der Waals surface area (Å²) in [6, 6.07) is 16.5. The molecule has 1 aromatic heterocycles. The number of para-hydroxylation sites is 1. The topological polar surface area (TPSA) is 41.4 Å². The molecule has 0 bridgehead atoms. The van der Waals surface area contributed by atoms with Crippen molar-refractivity contribution in [2.24, 2.45) is 0 Å². The van der Waals surface area contributed by atoms with Crippen LogP contribution < -0.4 is 0 Å². The highest BCUT2D eigenvalue weighted by Crippen LogP contribution is 2.17. The maximum atomic E-state index is 13.1. The van der Waals surface area contributed by atoms with Gasteiger partial charge in [-0.25, -0.2) is 9.07 Å². The van der Waals surface area contributed by atoms with E-state index in [1.165, 1.54) is 12.1 Å². The maximum absolute atomic E-state index is 13.1. The first-order valence-corrected chi connectivity index (χ1v) is 9.98. The monoisotopic (exact) mass is 392 g/mol. The van der Waals surface area contributed by atoms with Crippen LogP contribution in [0.15, 0.2) is 60.8 Å². The number of hydrogen-bond acceptors (Lipinski definition) is 3. The van der Waals surface area contributed by atoms with Crippen LogP contribution in [0, 0.1) is 12.7 Å². The first kappa shape index (κ1) is 19.3. The zero-order valence-electron chi connectivity index (χ0n) is 16.6. The van der Waals surface area contributed by atoms with Crippen molar-refractivity contribution in [2.75, 3.05) is 26.2 Å². The molecule has 0 aliphatic carbocycles. The zero-order chi connectivity index (χ0) is 20.2. The van der Waals surface area contributed by atoms with Gasteiger partial charge in [-0.05, 0) is 43.2 Å². The summed E-state index contributed by atoms with van der Waals surface area (Å²) >= 11 is 0. The van der Waals surface area contributed by atoms with E-state index in [2.05, 4.69) is 10.00 Å². The van der Waals surface area contributed by atoms with Crippen molar-refractivity contribution >= 4 is 5.91 Å². The Morgan fingerprint density at radius 3 is 2.52 bits per heavy atom. The van der Waals surface area contributed by atoms with E-state index in [1.807, 2.05) is 59.0 Å². The fourth-order valence-electron chi connectivity index (χ4n) is 3.80. The predicted molar refractivity (Wildman–Crippen MR) is 110 cm³/mol. The molecule has 150 valence electrons. The van der Waals surface area contributed by atoms with Gasteiger partial charge in [-0.2, -0.15) is 5.10 Å². The van der Waals surface area contributed by atoms with Crippen LogP contribution in [0.4, 0.5) is 4.39 Å². The zero-order valence-corrected chi connectivity index (χ0v) is 16.6. The van der Waals surface area contributed by atoms with Crippen LogP contribution in [0.3, 0.4) is 0 Å². The fourth-order valence-corrected chi connectivity index (χ4v) is 3.80. The maximum Gasteiger partial charge on any atom is 0.257 e. The summed E-state index contributed by atoms with van der Waals surface area (Å²) in [5, 5.41) is 4.43. The number of carbonyl (C=O) groups excluding carboxylic acids is 1. The van der Waals surface area contributed by atoms with Crippen LogP contribution >= 0.6 is 0 Å². The highest BCUT2D eigenvalue weighted by atomic mass is 19.1. The predicted octanol–water partition coefficient (Wildman–Crippen LogP) is 3.67. The van der Waals surface area contributed by atoms with Crippen molar-refractivity contribution in [2.45, 2.75) is 19.9 Å². The van der Waals surface area contributed by atoms with Crippen LogP contribution in [0.1, 0.15) is 28.0 Å². The number of amides is 1. The summed E-state index contributed by atoms with van der Waals surface area (Å²) in [5.41, 5.74) is 3.55. The minimum Gasteiger partial charge on any atom is -0.337 e. The van der Waals surface area contributed by atoms with E-state index >= 15 is 0 Å². The van der Waals surface area contributed by atoms with E-state index in [4.69, 9.17) is 0 Å². The number of halogens is 1. The Labute approximate surface area is 170 Å². The Bertz CT molecular complexity index is 968. The molecule has 1 saturated heterocycles. The molecule has 0 atom stereocenters. The van der Waals surface area contributed by atoms with Gasteiger partial charge in [0, 0.05) is 32.7 Å². The van der Waals surface area contributed by atoms with E-state index in [0.717, 1.165) is 49.5 Å². The Kier molecular flexibility index (Phi) is 5.71. The van der Waals surface area contributed by atoms with Gasteiger partial charge in [0.1, 0.15) is 5.82 Å². The molecule has 3 aromatic rings. The second-order valence-electron chi connectivity index (χ2n) is 7.44. The van der Waals surface area contributed by atoms with Crippen LogP contribution in [0.2, 0.25) is 0 Å². The lowest BCUT2D eigenvalue weighted by molar-refractivity contribution is 0.0760. The molecule has 2 aromatic carbocycles. The summed E-state index contributed by atoms with van der Waals surface area (Å²) in [4.78, 5) is 17.4. The molecule has 0 spiro atoms. The van der Waals surface area contributed by atoms with E-state index in [1.54, 1.807) is 6.20 Å². The van der Waals surface area contributed by atoms with Crippen molar-refractivity contribution < 1.29 is 9.18 Å². The quantitative estimate of drug-likeness (QED) is 0.680. The molecule has 6 heteroatoms. The number of carbonyl (C=O) groups is 1. The number of rotatable bonds is 4. The van der Waals surface area contributed by atoms with Crippen LogP contribution in [-0.4, -0.2) is 51.7 Å². The van der Waals surface area contributed by atoms with Gasteiger partial charge in [-0.15, -0.1) is 0 Å². The van der Waals surface area contributed by atoms with E-state index in [0.29, 0.717) is 12.1 Å². The molecular formula is C23H25FN4O. The molecule has 0 N–H and O–H groups in total. The van der Waals surface area contributed by atoms with E-state index in [-0.39, 0.29) is 11.7 Å². The molecule has 4 rings (SSSR count). The van der Waals surface area contributed by atoms with Crippen molar-refractivity contribution in [3.63, 3.8) is 0 Å². The SMILES string of the molecule is Cc1c(C(=O)N2CCCN(Cc3ccc(F)cc3)CC2)cnn1-c1ccccc1. The smallest absolute Gasteiger partial charge is 0.257 e. The molecule has 1 aliphatic heterocycles. The Morgan fingerprint density at radius 1 is 1.00 bits per heavy atom. The summed E-state index contributed by atoms with van der Waals surface area (Å²) < 4.78 is 14.9. The fraction of sp³-hybridized carbons (Fsp3) is 0.304. The second-order valence-corrected chi connectivity index (χ2v) is 7.44. The van der Waals surface area contributed by atoms with Crippen molar-refractivity contribution in [3.8, 4) is 5.69 Å². The lowest BCUT2D eigenvalue weighted by atomic mass is 10.2. The van der Waals surface area contributed by atoms with Gasteiger partial charge < -0.3 is 4.90 Å². The summed E-state index contributed by atoms with van der Waals surface area (Å²) in [6.07, 6.45) is 2.59. The van der Waals surface area contributed by atoms with Crippen molar-refractivity contribution in [1.82, 2.24) is 19.6 Å². The standard InChI is InChI=1S/C23H25FN4O/c1-18-22(16-25-28(18)21-6-3-2-4-7-21)23(29)27-13-5-12-26(14-15-27)17-19-8-10-20(24)11-9-19/h2-4,6-11,16H,5,12-15,17H2,1H3. The molecule has 0 unspecified atom stereocenters. The van der Waals surface area contributed by atoms with E-state index < -0.39 is 0 Å². The molecule has 29 heavy (non-hydrogen) atoms. The molecule has 1 amide bonds. The Balaban J connectivity index is 1.42. The molecule has 1 aliphatic rings. The first-order chi connectivity index (χ1) is 14.1. The third-order valence-corrected chi connectivity index (χ3v) is 5.44. The lowest BCUT2D eigenvalue weighted by Gasteiger charge is -2.22. The minimum absolute atomic E-state index is 0.0355. The highest BCUT2D eigenvalue weighted by Gasteiger charge is 2.23. The number of benzene rings is 2. The molecule has 5 nitrogen and oxygen atoms in total. The van der Waals surface area contributed by atoms with Gasteiger partial charge in [0.25, 0.3) is 5.91 Å². The molecule has 0 saturated carbocycles. The molecular weight excluding hydrogens is 367 g/mol. The minimum atomic E-state index is -0.215. The van der Waals surface area contributed by atoms with Crippen molar-refractivity contribution in [3.05, 3.63) is 83.4 Å². The first-order valence-electron chi connectivity index (χ1n) is 9.98. The van der Waals surface area contributed by atoms with Gasteiger partial charge >= 0.3 is 0 Å². The highest BCUT2D eigenvalue weighted by molar-refractivity contribution is 5.95. The van der Waals surface area contributed by atoms with Crippen LogP contribution in [0.25, 0.3) is 5.69 Å². The normalized spacial score (nSPS) is 15.3. The van der Waals surface area contributed by atoms with Gasteiger partial charge in [0.2, 0.25) is 0 Å². The third kappa shape index (κ3) is 4.38. The molecule has 2 heterocycles. The second kappa shape index (κ2) is 8.57. The van der Waals surface area contributed by atoms with Gasteiger partial charge in [-0.3, -0.25) is 9.69 Å². The van der Waals surface area contributed by atoms with Gasteiger partial charge in [0.05, 0.1) is 23.1 Å². The number of aromatic nitrogens is 2. The summed E-state index contributed by atoms with van der Waals surface area (Å²) in [5.74, 6) is -0.180. The average molecular weight is 392 g/mol. The summed E-state index contributed by atoms with van der Waals surface area (Å²) in [6.45, 7) is 5.84. The molecule has 1 fully saturated rings. The third-order valence-electron chi connectivity index (χ3n) is 5.44. The van der Waals surface area contributed by atoms with Crippen LogP contribution in [0.5, 0.6) is 0 Å². The average Bonchev–Trinajstić information content (AvgIpc) is 2.97. The number of hydrogen-bond donors (Lipinski definition) is 0. The Morgan fingerprint density at radius 2 is 1.76 bits per heavy atom. The number of nitrogens with zero attached hydrogens (tertiary/aromatic N) is 4. The summed E-state index contributed by atoms with van der Waals surface area (Å²) in [7, 11) is 0. The van der Waals surface area contributed by atoms with Gasteiger partial charge in [0.15, 0.2) is 0 Å². The molecule has 0 radical (unpaired) electrons. The van der Waals surface area contributed by atoms with E-state index in [9.17, 15) is 9.18 Å². The van der Waals surface area contributed by atoms with Crippen molar-refractivity contribution in [1.29, 1.82) is 0 Å².